The van der Waals surface area contributed by atoms with Crippen LogP contribution in [0.4, 0.5) is 0 Å². The molecule has 0 bridgehead atoms. The fraction of sp³-hybridized carbons (Fsp3) is 0.500. The second kappa shape index (κ2) is 6.90. The first-order valence-corrected chi connectivity index (χ1v) is 9.11. The molecule has 0 heterocycles. The Labute approximate surface area is 142 Å². The number of rotatable bonds is 6. The molecule has 1 N–H and O–H groups in total. The van der Waals surface area contributed by atoms with Gasteiger partial charge >= 0.3 is 5.97 Å². The fourth-order valence-corrected chi connectivity index (χ4v) is 2.94. The third kappa shape index (κ3) is 4.12. The van der Waals surface area contributed by atoms with Gasteiger partial charge in [0, 0.05) is 20.1 Å². The highest BCUT2D eigenvalue weighted by Gasteiger charge is 2.28. The Hall–Kier alpha value is -1.93. The maximum Gasteiger partial charge on any atom is 0.339 e. The lowest BCUT2D eigenvalue weighted by molar-refractivity contribution is -0.129. The molecule has 2 rings (SSSR count). The van der Waals surface area contributed by atoms with Gasteiger partial charge in [-0.25, -0.2) is 17.5 Å². The largest absolute Gasteiger partial charge is 0.449 e. The number of benzene rings is 1. The number of ether oxygens (including phenoxy) is 1. The van der Waals surface area contributed by atoms with E-state index in [2.05, 4.69) is 5.32 Å². The summed E-state index contributed by atoms with van der Waals surface area (Å²) in [5.74, 6) is -1.07. The predicted octanol–water partition coefficient (Wildman–Crippen LogP) is 1.07. The molecular weight excluding hydrogens is 332 g/mol. The van der Waals surface area contributed by atoms with Crippen LogP contribution >= 0.6 is 0 Å². The number of hydrogen-bond acceptors (Lipinski definition) is 5. The molecule has 1 atom stereocenters. The lowest BCUT2D eigenvalue weighted by atomic mass is 10.1. The van der Waals surface area contributed by atoms with Crippen LogP contribution in [0.1, 0.15) is 35.7 Å². The lowest BCUT2D eigenvalue weighted by Crippen LogP contribution is -2.37. The summed E-state index contributed by atoms with van der Waals surface area (Å²) in [7, 11) is -0.828. The van der Waals surface area contributed by atoms with Crippen molar-refractivity contribution in [3.8, 4) is 0 Å². The van der Waals surface area contributed by atoms with E-state index in [1.54, 1.807) is 13.0 Å². The van der Waals surface area contributed by atoms with E-state index in [1.807, 2.05) is 0 Å². The molecule has 1 aliphatic carbocycles. The second-order valence-corrected chi connectivity index (χ2v) is 8.25. The first kappa shape index (κ1) is 18.4. The van der Waals surface area contributed by atoms with Crippen LogP contribution in [0.2, 0.25) is 0 Å². The van der Waals surface area contributed by atoms with Crippen LogP contribution in [0.3, 0.4) is 0 Å². The zero-order valence-corrected chi connectivity index (χ0v) is 15.0. The molecule has 1 aliphatic rings. The van der Waals surface area contributed by atoms with Crippen LogP contribution in [0.25, 0.3) is 0 Å². The van der Waals surface area contributed by atoms with Crippen molar-refractivity contribution in [3.63, 3.8) is 0 Å². The van der Waals surface area contributed by atoms with Gasteiger partial charge in [-0.3, -0.25) is 4.79 Å². The standard InChI is InChI=1S/C16H22N2O5S/c1-10-5-8-13(24(21,22)18(3)4)9-14(10)16(20)23-11(2)15(19)17-12-6-7-12/h5,8-9,11-12H,6-7H2,1-4H3,(H,17,19)/t11-/m0/s1. The Morgan fingerprint density at radius 2 is 1.92 bits per heavy atom. The van der Waals surface area contributed by atoms with E-state index in [9.17, 15) is 18.0 Å². The smallest absolute Gasteiger partial charge is 0.339 e. The van der Waals surface area contributed by atoms with Crippen LogP contribution in [0, 0.1) is 6.92 Å². The van der Waals surface area contributed by atoms with Crippen molar-refractivity contribution in [1.82, 2.24) is 9.62 Å². The monoisotopic (exact) mass is 354 g/mol. The molecule has 1 saturated carbocycles. The van der Waals surface area contributed by atoms with E-state index in [0.717, 1.165) is 17.1 Å². The number of carbonyl (C=O) groups excluding carboxylic acids is 2. The highest BCUT2D eigenvalue weighted by Crippen LogP contribution is 2.20. The maximum atomic E-state index is 12.3. The van der Waals surface area contributed by atoms with Crippen LogP contribution in [0.5, 0.6) is 0 Å². The molecule has 0 saturated heterocycles. The fourth-order valence-electron chi connectivity index (χ4n) is 2.02. The number of carbonyl (C=O) groups is 2. The Balaban J connectivity index is 2.17. The van der Waals surface area contributed by atoms with Crippen molar-refractivity contribution in [2.45, 2.75) is 43.7 Å². The predicted molar refractivity (Wildman–Crippen MR) is 88.1 cm³/mol. The quantitative estimate of drug-likeness (QED) is 0.772. The molecule has 0 unspecified atom stereocenters. The second-order valence-electron chi connectivity index (χ2n) is 6.09. The third-order valence-corrected chi connectivity index (χ3v) is 5.60. The molecule has 0 aromatic heterocycles. The third-order valence-electron chi connectivity index (χ3n) is 3.78. The molecule has 1 aromatic rings. The molecule has 0 aliphatic heterocycles. The molecule has 1 aromatic carbocycles. The average molecular weight is 354 g/mol. The van der Waals surface area contributed by atoms with Crippen LogP contribution in [0.15, 0.2) is 23.1 Å². The SMILES string of the molecule is Cc1ccc(S(=O)(=O)N(C)C)cc1C(=O)O[C@@H](C)C(=O)NC1CC1. The van der Waals surface area contributed by atoms with Crippen LogP contribution < -0.4 is 5.32 Å². The first-order chi connectivity index (χ1) is 11.1. The molecule has 8 heteroatoms. The molecule has 132 valence electrons. The molecule has 7 nitrogen and oxygen atoms in total. The summed E-state index contributed by atoms with van der Waals surface area (Å²) < 4.78 is 30.6. The zero-order chi connectivity index (χ0) is 18.1. The average Bonchev–Trinajstić information content (AvgIpc) is 3.30. The van der Waals surface area contributed by atoms with Gasteiger partial charge < -0.3 is 10.1 Å². The summed E-state index contributed by atoms with van der Waals surface area (Å²) in [5, 5.41) is 2.76. The van der Waals surface area contributed by atoms with E-state index < -0.39 is 22.1 Å². The summed E-state index contributed by atoms with van der Waals surface area (Å²) in [5.41, 5.74) is 0.705. The number of aryl methyl sites for hydroxylation is 1. The van der Waals surface area contributed by atoms with Crippen molar-refractivity contribution in [2.24, 2.45) is 0 Å². The summed E-state index contributed by atoms with van der Waals surface area (Å²) in [6, 6.07) is 4.43. The number of hydrogen-bond donors (Lipinski definition) is 1. The molecule has 1 amide bonds. The van der Waals surface area contributed by atoms with Crippen molar-refractivity contribution in [1.29, 1.82) is 0 Å². The van der Waals surface area contributed by atoms with E-state index in [1.165, 1.54) is 33.2 Å². The number of esters is 1. The van der Waals surface area contributed by atoms with Gasteiger partial charge in [-0.15, -0.1) is 0 Å². The van der Waals surface area contributed by atoms with Gasteiger partial charge in [0.25, 0.3) is 5.91 Å². The zero-order valence-electron chi connectivity index (χ0n) is 14.2. The maximum absolute atomic E-state index is 12.3. The Morgan fingerprint density at radius 1 is 1.29 bits per heavy atom. The van der Waals surface area contributed by atoms with Crippen molar-refractivity contribution >= 4 is 21.9 Å². The number of amides is 1. The molecule has 0 radical (unpaired) electrons. The minimum absolute atomic E-state index is 0.000125. The van der Waals surface area contributed by atoms with E-state index >= 15 is 0 Å². The van der Waals surface area contributed by atoms with Crippen LogP contribution in [-0.2, 0) is 19.6 Å². The minimum atomic E-state index is -3.66. The highest BCUT2D eigenvalue weighted by molar-refractivity contribution is 7.89. The first-order valence-electron chi connectivity index (χ1n) is 7.67. The Bertz CT molecular complexity index is 754. The van der Waals surface area contributed by atoms with Crippen molar-refractivity contribution < 1.29 is 22.7 Å². The lowest BCUT2D eigenvalue weighted by Gasteiger charge is -2.16. The van der Waals surface area contributed by atoms with Crippen LogP contribution in [-0.4, -0.2) is 50.8 Å². The Kier molecular flexibility index (Phi) is 5.29. The van der Waals surface area contributed by atoms with Gasteiger partial charge in [0.05, 0.1) is 10.5 Å². The van der Waals surface area contributed by atoms with E-state index in [-0.39, 0.29) is 22.4 Å². The number of sulfonamides is 1. The van der Waals surface area contributed by atoms with E-state index in [0.29, 0.717) is 5.56 Å². The normalized spacial score (nSPS) is 15.9. The Morgan fingerprint density at radius 3 is 2.46 bits per heavy atom. The summed E-state index contributed by atoms with van der Waals surface area (Å²) in [6.45, 7) is 3.17. The van der Waals surface area contributed by atoms with Crippen molar-refractivity contribution in [2.75, 3.05) is 14.1 Å². The summed E-state index contributed by atoms with van der Waals surface area (Å²) in [6.07, 6.45) is 0.943. The number of nitrogens with one attached hydrogen (secondary N) is 1. The number of nitrogens with zero attached hydrogens (tertiary/aromatic N) is 1. The minimum Gasteiger partial charge on any atom is -0.449 e. The van der Waals surface area contributed by atoms with E-state index in [4.69, 9.17) is 4.74 Å². The van der Waals surface area contributed by atoms with Gasteiger partial charge in [-0.1, -0.05) is 6.07 Å². The summed E-state index contributed by atoms with van der Waals surface area (Å²) >= 11 is 0. The molecule has 1 fully saturated rings. The van der Waals surface area contributed by atoms with Crippen molar-refractivity contribution in [3.05, 3.63) is 29.3 Å². The van der Waals surface area contributed by atoms with Gasteiger partial charge in [-0.05, 0) is 44.4 Å². The molecule has 0 spiro atoms. The molecular formula is C16H22N2O5S. The molecule has 24 heavy (non-hydrogen) atoms. The van der Waals surface area contributed by atoms with Gasteiger partial charge in [0.2, 0.25) is 10.0 Å². The van der Waals surface area contributed by atoms with Gasteiger partial charge in [0.1, 0.15) is 0 Å². The highest BCUT2D eigenvalue weighted by atomic mass is 32.2. The van der Waals surface area contributed by atoms with Gasteiger partial charge in [-0.2, -0.15) is 0 Å². The summed E-state index contributed by atoms with van der Waals surface area (Å²) in [4.78, 5) is 24.2. The van der Waals surface area contributed by atoms with Gasteiger partial charge in [0.15, 0.2) is 6.10 Å². The topological polar surface area (TPSA) is 92.8 Å².